The second-order valence-electron chi connectivity index (χ2n) is 4.66. The minimum atomic E-state index is -3.65. The molecule has 3 rings (SSSR count). The predicted octanol–water partition coefficient (Wildman–Crippen LogP) is 0.974. The SMILES string of the molecule is Cn1ncnc1NS(=O)(=O)c1ccc2c(c1)NCCC2. The summed E-state index contributed by atoms with van der Waals surface area (Å²) in [4.78, 5) is 4.08. The van der Waals surface area contributed by atoms with Crippen molar-refractivity contribution in [1.29, 1.82) is 0 Å². The Bertz CT molecular complexity index is 738. The fourth-order valence-corrected chi connectivity index (χ4v) is 3.24. The fourth-order valence-electron chi connectivity index (χ4n) is 2.17. The number of nitrogens with zero attached hydrogens (tertiary/aromatic N) is 3. The molecular formula is C12H15N5O2S. The van der Waals surface area contributed by atoms with Crippen LogP contribution >= 0.6 is 0 Å². The Hall–Kier alpha value is -2.09. The molecule has 0 aliphatic carbocycles. The third-order valence-corrected chi connectivity index (χ3v) is 4.59. The van der Waals surface area contributed by atoms with Crippen LogP contribution in [0.25, 0.3) is 0 Å². The van der Waals surface area contributed by atoms with Crippen molar-refractivity contribution in [1.82, 2.24) is 14.8 Å². The van der Waals surface area contributed by atoms with Gasteiger partial charge in [0.2, 0.25) is 5.95 Å². The number of anilines is 2. The second-order valence-corrected chi connectivity index (χ2v) is 6.34. The van der Waals surface area contributed by atoms with E-state index in [0.717, 1.165) is 30.6 Å². The van der Waals surface area contributed by atoms with Gasteiger partial charge in [-0.1, -0.05) is 6.07 Å². The first-order valence-electron chi connectivity index (χ1n) is 6.30. The van der Waals surface area contributed by atoms with Crippen LogP contribution in [0.3, 0.4) is 0 Å². The van der Waals surface area contributed by atoms with E-state index in [4.69, 9.17) is 0 Å². The standard InChI is InChI=1S/C12H15N5O2S/c1-17-12(14-8-15-17)16-20(18,19)10-5-4-9-3-2-6-13-11(9)7-10/h4-5,7-8,13H,2-3,6H2,1H3,(H,14,15,16). The third kappa shape index (κ3) is 2.34. The minimum absolute atomic E-state index is 0.190. The Kier molecular flexibility index (Phi) is 3.09. The van der Waals surface area contributed by atoms with Crippen LogP contribution in [0.2, 0.25) is 0 Å². The van der Waals surface area contributed by atoms with Crippen molar-refractivity contribution >= 4 is 21.7 Å². The number of nitrogens with one attached hydrogen (secondary N) is 2. The lowest BCUT2D eigenvalue weighted by Gasteiger charge is -2.18. The molecule has 0 amide bonds. The van der Waals surface area contributed by atoms with Crippen molar-refractivity contribution in [3.05, 3.63) is 30.1 Å². The maximum Gasteiger partial charge on any atom is 0.264 e. The molecule has 8 heteroatoms. The van der Waals surface area contributed by atoms with Crippen LogP contribution in [-0.2, 0) is 23.5 Å². The van der Waals surface area contributed by atoms with Crippen molar-refractivity contribution in [3.8, 4) is 0 Å². The van der Waals surface area contributed by atoms with Crippen LogP contribution in [0, 0.1) is 0 Å². The lowest BCUT2D eigenvalue weighted by atomic mass is 10.0. The molecule has 1 aliphatic rings. The maximum atomic E-state index is 12.3. The number of sulfonamides is 1. The molecule has 0 unspecified atom stereocenters. The molecule has 0 saturated carbocycles. The van der Waals surface area contributed by atoms with E-state index in [1.165, 1.54) is 11.0 Å². The van der Waals surface area contributed by atoms with Crippen molar-refractivity contribution in [2.75, 3.05) is 16.6 Å². The van der Waals surface area contributed by atoms with E-state index >= 15 is 0 Å². The Balaban J connectivity index is 1.93. The van der Waals surface area contributed by atoms with Crippen LogP contribution < -0.4 is 10.0 Å². The Labute approximate surface area is 117 Å². The summed E-state index contributed by atoms with van der Waals surface area (Å²) in [6.45, 7) is 0.868. The minimum Gasteiger partial charge on any atom is -0.385 e. The highest BCUT2D eigenvalue weighted by Crippen LogP contribution is 2.25. The first kappa shape index (κ1) is 12.9. The van der Waals surface area contributed by atoms with Crippen LogP contribution in [0.5, 0.6) is 0 Å². The first-order chi connectivity index (χ1) is 9.56. The highest BCUT2D eigenvalue weighted by Gasteiger charge is 2.19. The van der Waals surface area contributed by atoms with E-state index < -0.39 is 10.0 Å². The van der Waals surface area contributed by atoms with Crippen LogP contribution in [0.1, 0.15) is 12.0 Å². The van der Waals surface area contributed by atoms with E-state index in [1.807, 2.05) is 6.07 Å². The van der Waals surface area contributed by atoms with E-state index in [2.05, 4.69) is 20.1 Å². The number of hydrogen-bond acceptors (Lipinski definition) is 5. The number of rotatable bonds is 3. The van der Waals surface area contributed by atoms with Gasteiger partial charge in [0.05, 0.1) is 4.90 Å². The average Bonchev–Trinajstić information content (AvgIpc) is 2.83. The van der Waals surface area contributed by atoms with Gasteiger partial charge in [-0.05, 0) is 30.5 Å². The van der Waals surface area contributed by atoms with Crippen LogP contribution in [0.4, 0.5) is 11.6 Å². The quantitative estimate of drug-likeness (QED) is 0.880. The zero-order valence-corrected chi connectivity index (χ0v) is 11.8. The highest BCUT2D eigenvalue weighted by atomic mass is 32.2. The van der Waals surface area contributed by atoms with Gasteiger partial charge in [0.15, 0.2) is 0 Å². The van der Waals surface area contributed by atoms with Gasteiger partial charge in [-0.3, -0.25) is 0 Å². The molecule has 2 heterocycles. The predicted molar refractivity (Wildman–Crippen MR) is 75.1 cm³/mol. The van der Waals surface area contributed by atoms with Gasteiger partial charge in [-0.2, -0.15) is 10.1 Å². The molecule has 0 saturated heterocycles. The molecular weight excluding hydrogens is 278 g/mol. The van der Waals surface area contributed by atoms with E-state index in [9.17, 15) is 8.42 Å². The molecule has 1 aromatic heterocycles. The summed E-state index contributed by atoms with van der Waals surface area (Å²) in [7, 11) is -2.03. The van der Waals surface area contributed by atoms with Crippen molar-refractivity contribution in [3.63, 3.8) is 0 Å². The summed E-state index contributed by atoms with van der Waals surface area (Å²) >= 11 is 0. The van der Waals surface area contributed by atoms with Gasteiger partial charge in [-0.25, -0.2) is 17.8 Å². The number of fused-ring (bicyclic) bond motifs is 1. The molecule has 1 aromatic carbocycles. The van der Waals surface area contributed by atoms with Crippen molar-refractivity contribution in [2.24, 2.45) is 7.05 Å². The number of benzene rings is 1. The maximum absolute atomic E-state index is 12.3. The van der Waals surface area contributed by atoms with Gasteiger partial charge in [0.25, 0.3) is 10.0 Å². The Morgan fingerprint density at radius 3 is 3.00 bits per heavy atom. The molecule has 0 radical (unpaired) electrons. The molecule has 0 fully saturated rings. The summed E-state index contributed by atoms with van der Waals surface area (Å²) in [5.74, 6) is 0.190. The molecule has 0 bridgehead atoms. The highest BCUT2D eigenvalue weighted by molar-refractivity contribution is 7.92. The Morgan fingerprint density at radius 2 is 2.25 bits per heavy atom. The van der Waals surface area contributed by atoms with Crippen molar-refractivity contribution < 1.29 is 8.42 Å². The number of hydrogen-bond donors (Lipinski definition) is 2. The molecule has 20 heavy (non-hydrogen) atoms. The molecule has 1 aliphatic heterocycles. The van der Waals surface area contributed by atoms with Crippen LogP contribution in [-0.4, -0.2) is 29.7 Å². The van der Waals surface area contributed by atoms with Gasteiger partial charge in [-0.15, -0.1) is 0 Å². The van der Waals surface area contributed by atoms with E-state index in [0.29, 0.717) is 0 Å². The summed E-state index contributed by atoms with van der Waals surface area (Å²) in [6.07, 6.45) is 3.34. The van der Waals surface area contributed by atoms with E-state index in [1.54, 1.807) is 19.2 Å². The summed E-state index contributed by atoms with van der Waals surface area (Å²) in [5.41, 5.74) is 2.03. The summed E-state index contributed by atoms with van der Waals surface area (Å²) < 4.78 is 28.4. The zero-order chi connectivity index (χ0) is 14.2. The fraction of sp³-hybridized carbons (Fsp3) is 0.333. The lowest BCUT2D eigenvalue weighted by molar-refractivity contribution is 0.600. The van der Waals surface area contributed by atoms with E-state index in [-0.39, 0.29) is 10.8 Å². The zero-order valence-electron chi connectivity index (χ0n) is 11.0. The smallest absolute Gasteiger partial charge is 0.264 e. The normalized spacial score (nSPS) is 14.4. The topological polar surface area (TPSA) is 88.9 Å². The Morgan fingerprint density at radius 1 is 1.40 bits per heavy atom. The first-order valence-corrected chi connectivity index (χ1v) is 7.78. The van der Waals surface area contributed by atoms with Gasteiger partial charge in [0.1, 0.15) is 6.33 Å². The lowest BCUT2D eigenvalue weighted by Crippen LogP contribution is -2.18. The monoisotopic (exact) mass is 293 g/mol. The van der Waals surface area contributed by atoms with Gasteiger partial charge >= 0.3 is 0 Å². The second kappa shape index (κ2) is 4.78. The van der Waals surface area contributed by atoms with Crippen molar-refractivity contribution in [2.45, 2.75) is 17.7 Å². The summed E-state index contributed by atoms with van der Waals surface area (Å²) in [5, 5.41) is 7.05. The third-order valence-electron chi connectivity index (χ3n) is 3.27. The van der Waals surface area contributed by atoms with Crippen LogP contribution in [0.15, 0.2) is 29.4 Å². The average molecular weight is 293 g/mol. The molecule has 2 aromatic rings. The molecule has 0 spiro atoms. The molecule has 7 nitrogen and oxygen atoms in total. The molecule has 106 valence electrons. The summed E-state index contributed by atoms with van der Waals surface area (Å²) in [6, 6.07) is 5.13. The number of aromatic nitrogens is 3. The molecule has 2 N–H and O–H groups in total. The van der Waals surface area contributed by atoms with Gasteiger partial charge in [0, 0.05) is 19.3 Å². The number of aryl methyl sites for hydroxylation is 2. The largest absolute Gasteiger partial charge is 0.385 e. The molecule has 0 atom stereocenters. The van der Waals surface area contributed by atoms with Gasteiger partial charge < -0.3 is 5.32 Å².